The van der Waals surface area contributed by atoms with Crippen LogP contribution in [-0.2, 0) is 16.1 Å². The minimum absolute atomic E-state index is 0.0357. The number of likely N-dealkylation sites (tertiary alicyclic amines) is 1. The highest BCUT2D eigenvalue weighted by atomic mass is 35.5. The fraction of sp³-hybridized carbons (Fsp3) is 0.714. The molecule has 7 rings (SSSR count). The number of amides is 2. The number of hydrogen-bond acceptors (Lipinski definition) is 3. The summed E-state index contributed by atoms with van der Waals surface area (Å²) in [5.74, 6) is 3.01. The zero-order chi connectivity index (χ0) is 23.3. The van der Waals surface area contributed by atoms with Gasteiger partial charge in [-0.25, -0.2) is 0 Å². The standard InChI is InChI=1S/C28H38ClN3O2/c29-24-3-1-19(2-4-24)17-32(28-14-20-11-21(15-28)13-22(12-20)16-28)26(33)18-31-9-7-23(8-10-31)27(34)30-25-5-6-25/h1-4,20-23,25H,5-18H2,(H,30,34). The number of benzene rings is 1. The van der Waals surface area contributed by atoms with Gasteiger partial charge in [0.25, 0.3) is 0 Å². The van der Waals surface area contributed by atoms with Crippen molar-refractivity contribution < 1.29 is 9.59 Å². The molecule has 2 amide bonds. The van der Waals surface area contributed by atoms with Crippen molar-refractivity contribution in [2.75, 3.05) is 19.6 Å². The normalized spacial score (nSPS) is 33.1. The molecule has 0 spiro atoms. The Morgan fingerprint density at radius 2 is 1.53 bits per heavy atom. The maximum Gasteiger partial charge on any atom is 0.237 e. The van der Waals surface area contributed by atoms with Gasteiger partial charge in [-0.15, -0.1) is 0 Å². The summed E-state index contributed by atoms with van der Waals surface area (Å²) in [6, 6.07) is 8.46. The molecule has 6 aliphatic rings. The summed E-state index contributed by atoms with van der Waals surface area (Å²) in [6.45, 7) is 2.84. The number of nitrogens with one attached hydrogen (secondary N) is 1. The van der Waals surface area contributed by atoms with E-state index in [0.717, 1.165) is 61.5 Å². The van der Waals surface area contributed by atoms with E-state index in [1.54, 1.807) is 0 Å². The van der Waals surface area contributed by atoms with E-state index in [0.29, 0.717) is 19.1 Å². The zero-order valence-electron chi connectivity index (χ0n) is 20.2. The minimum Gasteiger partial charge on any atom is -0.353 e. The highest BCUT2D eigenvalue weighted by Gasteiger charge is 2.54. The van der Waals surface area contributed by atoms with Crippen LogP contribution in [0.3, 0.4) is 0 Å². The van der Waals surface area contributed by atoms with Crippen LogP contribution in [0.25, 0.3) is 0 Å². The van der Waals surface area contributed by atoms with E-state index >= 15 is 0 Å². The summed E-state index contributed by atoms with van der Waals surface area (Å²) in [5.41, 5.74) is 1.21. The first-order valence-corrected chi connectivity index (χ1v) is 13.9. The summed E-state index contributed by atoms with van der Waals surface area (Å²) >= 11 is 6.15. The molecule has 0 aromatic heterocycles. The van der Waals surface area contributed by atoms with Crippen LogP contribution in [-0.4, -0.2) is 52.8 Å². The Kier molecular flexibility index (Phi) is 6.13. The Morgan fingerprint density at radius 1 is 0.941 bits per heavy atom. The van der Waals surface area contributed by atoms with Gasteiger partial charge in [-0.2, -0.15) is 0 Å². The largest absolute Gasteiger partial charge is 0.353 e. The zero-order valence-corrected chi connectivity index (χ0v) is 20.9. The lowest BCUT2D eigenvalue weighted by Crippen LogP contribution is -2.62. The molecule has 4 bridgehead atoms. The average Bonchev–Trinajstić information content (AvgIpc) is 3.62. The van der Waals surface area contributed by atoms with Crippen LogP contribution in [0.15, 0.2) is 24.3 Å². The van der Waals surface area contributed by atoms with Crippen molar-refractivity contribution in [2.24, 2.45) is 23.7 Å². The predicted octanol–water partition coefficient (Wildman–Crippen LogP) is 4.63. The van der Waals surface area contributed by atoms with E-state index in [-0.39, 0.29) is 23.3 Å². The van der Waals surface area contributed by atoms with Crippen molar-refractivity contribution in [3.05, 3.63) is 34.9 Å². The number of rotatable bonds is 7. The summed E-state index contributed by atoms with van der Waals surface area (Å²) in [4.78, 5) is 31.0. The highest BCUT2D eigenvalue weighted by molar-refractivity contribution is 6.30. The van der Waals surface area contributed by atoms with Gasteiger partial charge >= 0.3 is 0 Å². The monoisotopic (exact) mass is 483 g/mol. The Labute approximate surface area is 208 Å². The molecule has 1 heterocycles. The number of piperidine rings is 1. The molecule has 5 aliphatic carbocycles. The third kappa shape index (κ3) is 4.75. The quantitative estimate of drug-likeness (QED) is 0.615. The molecule has 0 atom stereocenters. The van der Waals surface area contributed by atoms with Crippen molar-refractivity contribution in [3.63, 3.8) is 0 Å². The van der Waals surface area contributed by atoms with E-state index in [2.05, 4.69) is 27.2 Å². The molecular formula is C28H38ClN3O2. The smallest absolute Gasteiger partial charge is 0.237 e. The molecule has 6 fully saturated rings. The fourth-order valence-electron chi connectivity index (χ4n) is 7.86. The molecule has 1 N–H and O–H groups in total. The van der Waals surface area contributed by atoms with Crippen LogP contribution in [0.1, 0.15) is 69.8 Å². The number of hydrogen-bond donors (Lipinski definition) is 1. The Morgan fingerprint density at radius 3 is 2.09 bits per heavy atom. The van der Waals surface area contributed by atoms with E-state index in [1.165, 1.54) is 44.1 Å². The van der Waals surface area contributed by atoms with Gasteiger partial charge < -0.3 is 10.2 Å². The second kappa shape index (κ2) is 9.13. The van der Waals surface area contributed by atoms with Crippen molar-refractivity contribution >= 4 is 23.4 Å². The summed E-state index contributed by atoms with van der Waals surface area (Å²) in [5, 5.41) is 3.90. The second-order valence-corrected chi connectivity index (χ2v) is 12.5. The van der Waals surface area contributed by atoms with Crippen LogP contribution in [0.4, 0.5) is 0 Å². The summed E-state index contributed by atoms with van der Waals surface area (Å²) in [6.07, 6.45) is 11.7. The second-order valence-electron chi connectivity index (χ2n) is 12.1. The van der Waals surface area contributed by atoms with Crippen LogP contribution in [0, 0.1) is 23.7 Å². The van der Waals surface area contributed by atoms with Crippen molar-refractivity contribution in [2.45, 2.75) is 82.3 Å². The van der Waals surface area contributed by atoms with Gasteiger partial charge in [-0.1, -0.05) is 23.7 Å². The average molecular weight is 484 g/mol. The number of carbonyl (C=O) groups excluding carboxylic acids is 2. The molecule has 1 saturated heterocycles. The van der Waals surface area contributed by atoms with Crippen molar-refractivity contribution in [1.29, 1.82) is 0 Å². The Hall–Kier alpha value is -1.59. The van der Waals surface area contributed by atoms with E-state index in [9.17, 15) is 9.59 Å². The molecule has 0 radical (unpaired) electrons. The highest BCUT2D eigenvalue weighted by Crippen LogP contribution is 2.58. The Balaban J connectivity index is 1.15. The molecule has 34 heavy (non-hydrogen) atoms. The van der Waals surface area contributed by atoms with Gasteiger partial charge in [-0.05, 0) is 113 Å². The van der Waals surface area contributed by atoms with E-state index in [4.69, 9.17) is 11.6 Å². The molecular weight excluding hydrogens is 446 g/mol. The van der Waals surface area contributed by atoms with Gasteiger partial charge in [0.05, 0.1) is 6.54 Å². The van der Waals surface area contributed by atoms with Gasteiger partial charge in [0.15, 0.2) is 0 Å². The fourth-order valence-corrected chi connectivity index (χ4v) is 7.99. The molecule has 1 aromatic rings. The maximum atomic E-state index is 13.9. The van der Waals surface area contributed by atoms with Crippen molar-refractivity contribution in [1.82, 2.24) is 15.1 Å². The van der Waals surface area contributed by atoms with Crippen molar-refractivity contribution in [3.8, 4) is 0 Å². The first-order valence-electron chi connectivity index (χ1n) is 13.5. The van der Waals surface area contributed by atoms with E-state index in [1.807, 2.05) is 12.1 Å². The van der Waals surface area contributed by atoms with E-state index < -0.39 is 0 Å². The van der Waals surface area contributed by atoms with Crippen LogP contribution >= 0.6 is 11.6 Å². The lowest BCUT2D eigenvalue weighted by Gasteiger charge is -2.60. The molecule has 5 saturated carbocycles. The molecule has 6 heteroatoms. The first kappa shape index (κ1) is 22.8. The van der Waals surface area contributed by atoms with Gasteiger partial charge in [0, 0.05) is 29.1 Å². The Bertz CT molecular complexity index is 885. The predicted molar refractivity (Wildman–Crippen MR) is 133 cm³/mol. The molecule has 5 nitrogen and oxygen atoms in total. The molecule has 1 aromatic carbocycles. The van der Waals surface area contributed by atoms with Gasteiger partial charge in [0.2, 0.25) is 11.8 Å². The number of carbonyl (C=O) groups is 2. The molecule has 184 valence electrons. The van der Waals surface area contributed by atoms with Gasteiger partial charge in [0.1, 0.15) is 0 Å². The van der Waals surface area contributed by atoms with Gasteiger partial charge in [-0.3, -0.25) is 14.5 Å². The lowest BCUT2D eigenvalue weighted by molar-refractivity contribution is -0.153. The molecule has 0 unspecified atom stereocenters. The third-order valence-electron chi connectivity index (χ3n) is 9.37. The van der Waals surface area contributed by atoms with Crippen LogP contribution in [0.5, 0.6) is 0 Å². The summed E-state index contributed by atoms with van der Waals surface area (Å²) < 4.78 is 0. The minimum atomic E-state index is 0.0357. The van der Waals surface area contributed by atoms with Crippen LogP contribution < -0.4 is 5.32 Å². The first-order chi connectivity index (χ1) is 16.5. The topological polar surface area (TPSA) is 52.7 Å². The molecule has 1 aliphatic heterocycles. The number of nitrogens with zero attached hydrogens (tertiary/aromatic N) is 2. The number of halogens is 1. The lowest BCUT2D eigenvalue weighted by atomic mass is 9.52. The van der Waals surface area contributed by atoms with Crippen LogP contribution in [0.2, 0.25) is 5.02 Å². The maximum absolute atomic E-state index is 13.9. The summed E-state index contributed by atoms with van der Waals surface area (Å²) in [7, 11) is 0. The third-order valence-corrected chi connectivity index (χ3v) is 9.63. The SMILES string of the molecule is O=C(NC1CC1)C1CCN(CC(=O)N(Cc2ccc(Cl)cc2)C23CC4CC(CC(C4)C2)C3)CC1.